The maximum atomic E-state index is 11.6. The minimum atomic E-state index is -0.105. The number of carbonyl (C=O) groups is 1. The molecule has 1 N–H and O–H groups in total. The van der Waals surface area contributed by atoms with E-state index in [1.807, 2.05) is 6.92 Å². The van der Waals surface area contributed by atoms with E-state index >= 15 is 0 Å². The molecule has 0 fully saturated rings. The molecule has 1 atom stereocenters. The third-order valence-electron chi connectivity index (χ3n) is 4.67. The molecule has 0 amide bonds. The summed E-state index contributed by atoms with van der Waals surface area (Å²) in [6.07, 6.45) is 3.45. The van der Waals surface area contributed by atoms with E-state index < -0.39 is 0 Å². The fourth-order valence-corrected chi connectivity index (χ4v) is 3.29. The van der Waals surface area contributed by atoms with Crippen molar-refractivity contribution < 1.29 is 19.2 Å². The molecule has 1 unspecified atom stereocenters. The lowest BCUT2D eigenvalue weighted by Gasteiger charge is -2.20. The van der Waals surface area contributed by atoms with Crippen molar-refractivity contribution in [1.29, 1.82) is 0 Å². The molecule has 148 valence electrons. The molecule has 1 heterocycles. The topological polar surface area (TPSA) is 44.9 Å². The molecule has 1 aromatic heterocycles. The van der Waals surface area contributed by atoms with Crippen molar-refractivity contribution in [2.45, 2.75) is 39.8 Å². The number of quaternary nitrogens is 1. The molecule has 1 aromatic carbocycles. The highest BCUT2D eigenvalue weighted by molar-refractivity contribution is 5.69. The lowest BCUT2D eigenvalue weighted by molar-refractivity contribution is -0.914. The number of carbonyl (C=O) groups excluding carboxylic acids is 1. The van der Waals surface area contributed by atoms with E-state index in [0.717, 1.165) is 32.6 Å². The number of methoxy groups -OCH3 is 1. The highest BCUT2D eigenvalue weighted by Gasteiger charge is 2.14. The molecule has 2 aromatic rings. The first-order valence-electron chi connectivity index (χ1n) is 9.80. The van der Waals surface area contributed by atoms with Crippen molar-refractivity contribution >= 4 is 5.97 Å². The van der Waals surface area contributed by atoms with Gasteiger partial charge in [-0.25, -0.2) is 0 Å². The summed E-state index contributed by atoms with van der Waals surface area (Å²) in [5, 5.41) is 0. The van der Waals surface area contributed by atoms with Crippen LogP contribution in [-0.4, -0.2) is 43.9 Å². The molecule has 5 heteroatoms. The van der Waals surface area contributed by atoms with Gasteiger partial charge in [-0.1, -0.05) is 29.8 Å². The first kappa shape index (κ1) is 21.2. The van der Waals surface area contributed by atoms with Crippen LogP contribution >= 0.6 is 0 Å². The Morgan fingerprint density at radius 2 is 2.04 bits per heavy atom. The van der Waals surface area contributed by atoms with Crippen LogP contribution in [0.2, 0.25) is 0 Å². The molecule has 0 bridgehead atoms. The average Bonchev–Trinajstić information content (AvgIpc) is 3.06. The van der Waals surface area contributed by atoms with Gasteiger partial charge in [0, 0.05) is 26.3 Å². The molecule has 2 rings (SSSR count). The number of aryl methyl sites for hydroxylation is 1. The summed E-state index contributed by atoms with van der Waals surface area (Å²) in [6, 6.07) is 12.9. The Kier molecular flexibility index (Phi) is 9.08. The fourth-order valence-electron chi connectivity index (χ4n) is 3.29. The zero-order valence-corrected chi connectivity index (χ0v) is 16.9. The second kappa shape index (κ2) is 11.6. The molecule has 0 aliphatic rings. The van der Waals surface area contributed by atoms with Gasteiger partial charge >= 0.3 is 5.97 Å². The zero-order valence-electron chi connectivity index (χ0n) is 16.9. The second-order valence-corrected chi connectivity index (χ2v) is 6.94. The number of nitrogens with one attached hydrogen (secondary N) is 1. The zero-order chi connectivity index (χ0) is 19.5. The number of hydrogen-bond donors (Lipinski definition) is 1. The van der Waals surface area contributed by atoms with Crippen molar-refractivity contribution in [3.63, 3.8) is 0 Å². The number of ether oxygens (including phenoxy) is 2. The first-order valence-corrected chi connectivity index (χ1v) is 9.80. The van der Waals surface area contributed by atoms with Gasteiger partial charge in [0.25, 0.3) is 0 Å². The fraction of sp³-hybridized carbons (Fsp3) is 0.500. The number of esters is 1. The number of benzene rings is 1. The highest BCUT2D eigenvalue weighted by Crippen LogP contribution is 2.09. The van der Waals surface area contributed by atoms with Gasteiger partial charge in [0.05, 0.1) is 31.9 Å². The number of hydrogen-bond acceptors (Lipinski definition) is 3. The van der Waals surface area contributed by atoms with Crippen molar-refractivity contribution in [2.75, 3.05) is 33.4 Å². The quantitative estimate of drug-likeness (QED) is 0.580. The van der Waals surface area contributed by atoms with Crippen molar-refractivity contribution in [2.24, 2.45) is 0 Å². The third kappa shape index (κ3) is 7.57. The van der Waals surface area contributed by atoms with Crippen LogP contribution in [0.3, 0.4) is 0 Å². The molecule has 0 radical (unpaired) electrons. The van der Waals surface area contributed by atoms with Crippen LogP contribution in [-0.2, 0) is 27.4 Å². The van der Waals surface area contributed by atoms with Crippen molar-refractivity contribution in [3.05, 3.63) is 59.4 Å². The SMILES string of the molecule is CCOC(=O)CCC[NH+](CCOC)Cc1cccn1Cc1cccc(C)c1. The molecule has 27 heavy (non-hydrogen) atoms. The molecule has 0 aliphatic carbocycles. The monoisotopic (exact) mass is 373 g/mol. The van der Waals surface area contributed by atoms with Crippen LogP contribution in [0.15, 0.2) is 42.6 Å². The Balaban J connectivity index is 1.96. The molecule has 0 saturated carbocycles. The van der Waals surface area contributed by atoms with Crippen molar-refractivity contribution in [1.82, 2.24) is 4.57 Å². The van der Waals surface area contributed by atoms with Crippen LogP contribution in [0.25, 0.3) is 0 Å². The molecule has 0 aliphatic heterocycles. The molecule has 0 spiro atoms. The van der Waals surface area contributed by atoms with E-state index in [0.29, 0.717) is 19.6 Å². The number of aromatic nitrogens is 1. The van der Waals surface area contributed by atoms with Crippen LogP contribution in [0, 0.1) is 6.92 Å². The maximum Gasteiger partial charge on any atom is 0.305 e. The first-order chi connectivity index (χ1) is 13.1. The Labute approximate surface area is 162 Å². The maximum absolute atomic E-state index is 11.6. The van der Waals surface area contributed by atoms with E-state index in [1.165, 1.54) is 21.7 Å². The second-order valence-electron chi connectivity index (χ2n) is 6.94. The molecule has 0 saturated heterocycles. The number of rotatable bonds is 12. The standard InChI is InChI=1S/C22H32N2O3/c1-4-27-22(25)11-7-12-23(14-15-26-3)18-21-10-6-13-24(21)17-20-9-5-8-19(2)16-20/h5-6,8-10,13,16H,4,7,11-12,14-15,17-18H2,1-3H3/p+1. The van der Waals surface area contributed by atoms with E-state index in [-0.39, 0.29) is 5.97 Å². The summed E-state index contributed by atoms with van der Waals surface area (Å²) in [7, 11) is 1.73. The Morgan fingerprint density at radius 3 is 2.78 bits per heavy atom. The van der Waals surface area contributed by atoms with Gasteiger partial charge in [0.15, 0.2) is 0 Å². The number of nitrogens with zero attached hydrogens (tertiary/aromatic N) is 1. The normalized spacial score (nSPS) is 12.1. The Hall–Kier alpha value is -2.11. The minimum absolute atomic E-state index is 0.105. The largest absolute Gasteiger partial charge is 0.466 e. The van der Waals surface area contributed by atoms with Crippen LogP contribution in [0.1, 0.15) is 36.6 Å². The summed E-state index contributed by atoms with van der Waals surface area (Å²) in [5.74, 6) is -0.105. The smallest absolute Gasteiger partial charge is 0.305 e. The van der Waals surface area contributed by atoms with E-state index in [4.69, 9.17) is 9.47 Å². The van der Waals surface area contributed by atoms with E-state index in [2.05, 4.69) is 54.1 Å². The predicted octanol–water partition coefficient (Wildman–Crippen LogP) is 2.22. The average molecular weight is 374 g/mol. The predicted molar refractivity (Wildman–Crippen MR) is 107 cm³/mol. The summed E-state index contributed by atoms with van der Waals surface area (Å²) < 4.78 is 12.6. The minimum Gasteiger partial charge on any atom is -0.466 e. The van der Waals surface area contributed by atoms with Gasteiger partial charge in [0.1, 0.15) is 13.1 Å². The lowest BCUT2D eigenvalue weighted by Crippen LogP contribution is -3.11. The third-order valence-corrected chi connectivity index (χ3v) is 4.67. The molecule has 5 nitrogen and oxygen atoms in total. The highest BCUT2D eigenvalue weighted by atomic mass is 16.5. The van der Waals surface area contributed by atoms with E-state index in [1.54, 1.807) is 7.11 Å². The van der Waals surface area contributed by atoms with Crippen LogP contribution in [0.5, 0.6) is 0 Å². The summed E-state index contributed by atoms with van der Waals surface area (Å²) >= 11 is 0. The summed E-state index contributed by atoms with van der Waals surface area (Å²) in [4.78, 5) is 13.0. The van der Waals surface area contributed by atoms with Gasteiger partial charge in [-0.2, -0.15) is 0 Å². The van der Waals surface area contributed by atoms with Crippen molar-refractivity contribution in [3.8, 4) is 0 Å². The van der Waals surface area contributed by atoms with Gasteiger partial charge in [-0.3, -0.25) is 4.79 Å². The summed E-state index contributed by atoms with van der Waals surface area (Å²) in [6.45, 7) is 8.79. The van der Waals surface area contributed by atoms with Crippen LogP contribution in [0.4, 0.5) is 0 Å². The van der Waals surface area contributed by atoms with E-state index in [9.17, 15) is 4.79 Å². The Bertz CT molecular complexity index is 696. The lowest BCUT2D eigenvalue weighted by atomic mass is 10.1. The van der Waals surface area contributed by atoms with Gasteiger partial charge in [-0.05, 0) is 31.5 Å². The summed E-state index contributed by atoms with van der Waals surface area (Å²) in [5.41, 5.74) is 3.90. The molecular weight excluding hydrogens is 340 g/mol. The van der Waals surface area contributed by atoms with Crippen LogP contribution < -0.4 is 4.90 Å². The van der Waals surface area contributed by atoms with Gasteiger partial charge in [-0.15, -0.1) is 0 Å². The molecular formula is C22H33N2O3+. The Morgan fingerprint density at radius 1 is 1.19 bits per heavy atom. The van der Waals surface area contributed by atoms with Gasteiger partial charge < -0.3 is 18.9 Å². The van der Waals surface area contributed by atoms with Gasteiger partial charge in [0.2, 0.25) is 0 Å².